The van der Waals surface area contributed by atoms with E-state index in [2.05, 4.69) is 64.9 Å². The van der Waals surface area contributed by atoms with E-state index in [1.165, 1.54) is 11.1 Å². The summed E-state index contributed by atoms with van der Waals surface area (Å²) >= 11 is 0. The zero-order valence-corrected chi connectivity index (χ0v) is 10.7. The first kappa shape index (κ1) is 11.7. The molecule has 94 valence electrons. The summed E-state index contributed by atoms with van der Waals surface area (Å²) < 4.78 is 0. The second kappa shape index (κ2) is 5.51. The van der Waals surface area contributed by atoms with Crippen LogP contribution in [0.15, 0.2) is 65.8 Å². The predicted molar refractivity (Wildman–Crippen MR) is 76.3 cm³/mol. The second-order valence-corrected chi connectivity index (χ2v) is 4.68. The Morgan fingerprint density at radius 1 is 0.842 bits per heavy atom. The zero-order chi connectivity index (χ0) is 12.9. The van der Waals surface area contributed by atoms with Gasteiger partial charge in [-0.05, 0) is 11.1 Å². The minimum atomic E-state index is 0.795. The lowest BCUT2D eigenvalue weighted by Gasteiger charge is -2.11. The van der Waals surface area contributed by atoms with Gasteiger partial charge in [-0.1, -0.05) is 60.7 Å². The highest BCUT2D eigenvalue weighted by Crippen LogP contribution is 2.12. The molecule has 0 aliphatic carbocycles. The van der Waals surface area contributed by atoms with Gasteiger partial charge in [0, 0.05) is 0 Å². The molecule has 2 aromatic carbocycles. The smallest absolute Gasteiger partial charge is 0.221 e. The normalized spacial score (nSPS) is 13.7. The van der Waals surface area contributed by atoms with Crippen LogP contribution in [-0.4, -0.2) is 22.9 Å². The van der Waals surface area contributed by atoms with Crippen LogP contribution in [-0.2, 0) is 13.1 Å². The van der Waals surface area contributed by atoms with E-state index in [4.69, 9.17) is 0 Å². The van der Waals surface area contributed by atoms with Crippen molar-refractivity contribution >= 4 is 6.34 Å². The van der Waals surface area contributed by atoms with Crippen molar-refractivity contribution in [3.8, 4) is 0 Å². The van der Waals surface area contributed by atoms with E-state index in [0.29, 0.717) is 0 Å². The Kier molecular flexibility index (Phi) is 3.39. The zero-order valence-electron chi connectivity index (χ0n) is 10.7. The largest absolute Gasteiger partial charge is 0.544 e. The van der Waals surface area contributed by atoms with E-state index in [1.54, 1.807) is 0 Å². The number of hydrazone groups is 1. The van der Waals surface area contributed by atoms with Gasteiger partial charge in [-0.3, -0.25) is 0 Å². The minimum Gasteiger partial charge on any atom is -0.221 e. The molecule has 3 nitrogen and oxygen atoms in total. The Morgan fingerprint density at radius 2 is 1.42 bits per heavy atom. The lowest BCUT2D eigenvalue weighted by atomic mass is 10.2. The maximum atomic E-state index is 4.32. The highest BCUT2D eigenvalue weighted by Gasteiger charge is 2.27. The van der Waals surface area contributed by atoms with Gasteiger partial charge in [0.25, 0.3) is 0 Å². The Hall–Kier alpha value is -2.38. The molecule has 19 heavy (non-hydrogen) atoms. The van der Waals surface area contributed by atoms with E-state index in [9.17, 15) is 0 Å². The van der Waals surface area contributed by atoms with Crippen molar-refractivity contribution in [1.82, 2.24) is 9.91 Å². The molecule has 1 aliphatic heterocycles. The summed E-state index contributed by atoms with van der Waals surface area (Å²) in [4.78, 5) is 2.10. The van der Waals surface area contributed by atoms with Gasteiger partial charge in [-0.15, -0.1) is 4.90 Å². The van der Waals surface area contributed by atoms with Crippen molar-refractivity contribution in [3.63, 3.8) is 0 Å². The third kappa shape index (κ3) is 3.09. The predicted octanol–water partition coefficient (Wildman–Crippen LogP) is 2.78. The van der Waals surface area contributed by atoms with Crippen LogP contribution in [0.5, 0.6) is 0 Å². The Bertz CT molecular complexity index is 487. The van der Waals surface area contributed by atoms with Gasteiger partial charge in [0.1, 0.15) is 5.10 Å². The molecule has 1 heterocycles. The van der Waals surface area contributed by atoms with Crippen molar-refractivity contribution in [3.05, 3.63) is 71.8 Å². The van der Waals surface area contributed by atoms with Crippen molar-refractivity contribution in [2.45, 2.75) is 13.1 Å². The quantitative estimate of drug-likeness (QED) is 0.777. The lowest BCUT2D eigenvalue weighted by molar-refractivity contribution is 0.224. The second-order valence-electron chi connectivity index (χ2n) is 4.68. The van der Waals surface area contributed by atoms with Crippen LogP contribution in [0.4, 0.5) is 0 Å². The molecule has 0 saturated heterocycles. The maximum absolute atomic E-state index is 4.32. The summed E-state index contributed by atoms with van der Waals surface area (Å²) in [5, 5.41) is 6.34. The molecule has 0 fully saturated rings. The van der Waals surface area contributed by atoms with E-state index in [1.807, 2.05) is 17.1 Å². The summed E-state index contributed by atoms with van der Waals surface area (Å²) in [7, 11) is 0. The highest BCUT2D eigenvalue weighted by molar-refractivity contribution is 5.56. The van der Waals surface area contributed by atoms with Crippen LogP contribution in [0.1, 0.15) is 11.1 Å². The number of rotatable bonds is 4. The molecule has 0 saturated carbocycles. The molecular formula is C16H16N3+. The molecule has 0 amide bonds. The van der Waals surface area contributed by atoms with E-state index >= 15 is 0 Å². The number of hydrogen-bond acceptors (Lipinski definition) is 3. The molecule has 3 rings (SSSR count). The van der Waals surface area contributed by atoms with Gasteiger partial charge in [-0.25, -0.2) is 5.01 Å². The summed E-state index contributed by atoms with van der Waals surface area (Å²) in [6.45, 7) is 2.48. The Balaban J connectivity index is 1.55. The molecule has 0 aromatic heterocycles. The van der Waals surface area contributed by atoms with E-state index < -0.39 is 0 Å². The van der Waals surface area contributed by atoms with Crippen LogP contribution < -0.4 is 0 Å². The van der Waals surface area contributed by atoms with Crippen molar-refractivity contribution in [1.29, 1.82) is 0 Å². The molecule has 1 aliphatic rings. The fourth-order valence-corrected chi connectivity index (χ4v) is 2.16. The van der Waals surface area contributed by atoms with Crippen LogP contribution in [0.3, 0.4) is 0 Å². The SMILES string of the molecule is [C+]1=NN(Cc2ccccc2)CN1Cc1ccccc1. The Morgan fingerprint density at radius 3 is 2.05 bits per heavy atom. The van der Waals surface area contributed by atoms with Crippen molar-refractivity contribution < 1.29 is 0 Å². The topological polar surface area (TPSA) is 18.8 Å². The van der Waals surface area contributed by atoms with Gasteiger partial charge >= 0.3 is 6.34 Å². The third-order valence-electron chi connectivity index (χ3n) is 3.09. The first-order valence-corrected chi connectivity index (χ1v) is 6.44. The molecule has 0 N–H and O–H groups in total. The molecule has 0 atom stereocenters. The summed E-state index contributed by atoms with van der Waals surface area (Å²) in [6.07, 6.45) is 3.06. The molecule has 2 aromatic rings. The average molecular weight is 250 g/mol. The van der Waals surface area contributed by atoms with Gasteiger partial charge in [-0.2, -0.15) is 0 Å². The molecule has 0 spiro atoms. The van der Waals surface area contributed by atoms with Crippen LogP contribution >= 0.6 is 0 Å². The fourth-order valence-electron chi connectivity index (χ4n) is 2.16. The van der Waals surface area contributed by atoms with Gasteiger partial charge in [0.2, 0.25) is 0 Å². The monoisotopic (exact) mass is 250 g/mol. The maximum Gasteiger partial charge on any atom is 0.544 e. The van der Waals surface area contributed by atoms with Crippen molar-refractivity contribution in [2.75, 3.05) is 6.67 Å². The van der Waals surface area contributed by atoms with Crippen LogP contribution in [0.2, 0.25) is 0 Å². The highest BCUT2D eigenvalue weighted by atomic mass is 15.6. The van der Waals surface area contributed by atoms with Crippen molar-refractivity contribution in [2.24, 2.45) is 5.10 Å². The summed E-state index contributed by atoms with van der Waals surface area (Å²) in [6, 6.07) is 20.8. The van der Waals surface area contributed by atoms with E-state index in [0.717, 1.165) is 19.8 Å². The van der Waals surface area contributed by atoms with Gasteiger partial charge in [0.05, 0.1) is 13.1 Å². The third-order valence-corrected chi connectivity index (χ3v) is 3.09. The molecule has 3 heteroatoms. The summed E-state index contributed by atoms with van der Waals surface area (Å²) in [5.41, 5.74) is 2.56. The molecule has 0 bridgehead atoms. The van der Waals surface area contributed by atoms with Gasteiger partial charge in [0.15, 0.2) is 6.67 Å². The average Bonchev–Trinajstić information content (AvgIpc) is 2.88. The molecule has 0 radical (unpaired) electrons. The summed E-state index contributed by atoms with van der Waals surface area (Å²) in [5.74, 6) is 0. The number of nitrogens with zero attached hydrogens (tertiary/aromatic N) is 3. The standard InChI is InChI=1S/C16H16N3/c1-3-7-15(8-4-1)11-18-13-17-19(14-18)12-16-9-5-2-6-10-16/h1-10H,11-12,14H2/q+1. The van der Waals surface area contributed by atoms with E-state index in [-0.39, 0.29) is 0 Å². The lowest BCUT2D eigenvalue weighted by Crippen LogP contribution is -2.26. The molecule has 0 unspecified atom stereocenters. The molecular weight excluding hydrogens is 234 g/mol. The number of benzene rings is 2. The fraction of sp³-hybridized carbons (Fsp3) is 0.188. The number of hydrogen-bond donors (Lipinski definition) is 0. The minimum absolute atomic E-state index is 0.795. The first-order chi connectivity index (χ1) is 9.40. The first-order valence-electron chi connectivity index (χ1n) is 6.44. The Labute approximate surface area is 113 Å². The van der Waals surface area contributed by atoms with Gasteiger partial charge < -0.3 is 0 Å². The van der Waals surface area contributed by atoms with Crippen LogP contribution in [0.25, 0.3) is 0 Å². The van der Waals surface area contributed by atoms with Crippen LogP contribution in [0, 0.1) is 0 Å².